The summed E-state index contributed by atoms with van der Waals surface area (Å²) in [6.07, 6.45) is 0. The molecule has 0 radical (unpaired) electrons. The molecular formula is C36H42O2. The Morgan fingerprint density at radius 3 is 1.13 bits per heavy atom. The molecule has 0 saturated carbocycles. The number of hydrogen-bond donors (Lipinski definition) is 1. The van der Waals surface area contributed by atoms with Gasteiger partial charge in [0.05, 0.1) is 7.11 Å². The molecule has 38 heavy (non-hydrogen) atoms. The largest absolute Gasteiger partial charge is 0.507 e. The molecule has 0 spiro atoms. The van der Waals surface area contributed by atoms with Crippen LogP contribution in [-0.4, -0.2) is 12.2 Å². The number of hydrogen-bond acceptors (Lipinski definition) is 2. The van der Waals surface area contributed by atoms with Crippen molar-refractivity contribution in [1.82, 2.24) is 0 Å². The van der Waals surface area contributed by atoms with Crippen molar-refractivity contribution in [1.29, 1.82) is 0 Å². The molecule has 4 aromatic rings. The number of benzene rings is 4. The molecule has 0 unspecified atom stereocenters. The Labute approximate surface area is 229 Å². The molecule has 0 heterocycles. The summed E-state index contributed by atoms with van der Waals surface area (Å²) in [5.41, 5.74) is 16.7. The lowest BCUT2D eigenvalue weighted by Gasteiger charge is -2.30. The van der Waals surface area contributed by atoms with Crippen molar-refractivity contribution in [2.24, 2.45) is 0 Å². The first-order valence-corrected chi connectivity index (χ1v) is 13.5. The van der Waals surface area contributed by atoms with Gasteiger partial charge in [-0.05, 0) is 158 Å². The lowest BCUT2D eigenvalue weighted by atomic mass is 9.74. The van der Waals surface area contributed by atoms with E-state index in [1.54, 1.807) is 7.11 Å². The minimum atomic E-state index is -0.158. The number of phenolic OH excluding ortho intramolecular Hbond substituents is 1. The van der Waals surface area contributed by atoms with Gasteiger partial charge in [-0.3, -0.25) is 0 Å². The van der Waals surface area contributed by atoms with Crippen LogP contribution in [0.1, 0.15) is 69.5 Å². The van der Waals surface area contributed by atoms with Crippen LogP contribution in [0.3, 0.4) is 0 Å². The van der Waals surface area contributed by atoms with Crippen LogP contribution in [-0.2, 0) is 5.41 Å². The summed E-state index contributed by atoms with van der Waals surface area (Å²) in [5, 5.41) is 10.3. The summed E-state index contributed by atoms with van der Waals surface area (Å²) >= 11 is 0. The average molecular weight is 507 g/mol. The third kappa shape index (κ3) is 4.73. The standard InChI is InChI=1S/C36H42O2/c1-20-16-30(17-21(2)32(20)28-12-24(5)34(37)25(6)13-28)36(9,10)31-18-22(3)33(23(4)19-31)29-14-26(7)35(38-11)27(8)15-29/h12-19,37H,1-11H3. The molecule has 1 N–H and O–H groups in total. The van der Waals surface area contributed by atoms with E-state index in [0.717, 1.165) is 28.0 Å². The molecule has 4 rings (SSSR count). The maximum Gasteiger partial charge on any atom is 0.124 e. The Morgan fingerprint density at radius 1 is 0.500 bits per heavy atom. The second-order valence-electron chi connectivity index (χ2n) is 11.7. The maximum atomic E-state index is 10.3. The zero-order valence-electron chi connectivity index (χ0n) is 25.0. The van der Waals surface area contributed by atoms with Crippen molar-refractivity contribution in [3.63, 3.8) is 0 Å². The summed E-state index contributed by atoms with van der Waals surface area (Å²) in [6.45, 7) is 21.7. The van der Waals surface area contributed by atoms with Crippen LogP contribution in [0.15, 0.2) is 48.5 Å². The van der Waals surface area contributed by atoms with Crippen LogP contribution in [0.2, 0.25) is 0 Å². The second-order valence-corrected chi connectivity index (χ2v) is 11.7. The zero-order chi connectivity index (χ0) is 28.1. The third-order valence-electron chi connectivity index (χ3n) is 8.24. The molecule has 198 valence electrons. The van der Waals surface area contributed by atoms with E-state index >= 15 is 0 Å². The van der Waals surface area contributed by atoms with Gasteiger partial charge in [0.25, 0.3) is 0 Å². The maximum absolute atomic E-state index is 10.3. The van der Waals surface area contributed by atoms with Gasteiger partial charge in [0.15, 0.2) is 0 Å². The Morgan fingerprint density at radius 2 is 0.816 bits per heavy atom. The Kier molecular flexibility index (Phi) is 7.23. The highest BCUT2D eigenvalue weighted by Crippen LogP contribution is 2.41. The molecule has 0 amide bonds. The topological polar surface area (TPSA) is 29.5 Å². The molecule has 0 fully saturated rings. The van der Waals surface area contributed by atoms with Gasteiger partial charge < -0.3 is 9.84 Å². The third-order valence-corrected chi connectivity index (χ3v) is 8.24. The number of aromatic hydroxyl groups is 1. The van der Waals surface area contributed by atoms with Crippen molar-refractivity contribution in [2.45, 2.75) is 74.7 Å². The van der Waals surface area contributed by atoms with Crippen LogP contribution in [0.5, 0.6) is 11.5 Å². The molecule has 0 aromatic heterocycles. The van der Waals surface area contributed by atoms with Crippen LogP contribution in [0, 0.1) is 55.4 Å². The number of rotatable bonds is 5. The highest BCUT2D eigenvalue weighted by atomic mass is 16.5. The summed E-state index contributed by atoms with van der Waals surface area (Å²) < 4.78 is 5.60. The molecule has 4 aromatic carbocycles. The van der Waals surface area contributed by atoms with Gasteiger partial charge in [-0.2, -0.15) is 0 Å². The van der Waals surface area contributed by atoms with Crippen molar-refractivity contribution >= 4 is 0 Å². The molecular weight excluding hydrogens is 464 g/mol. The quantitative estimate of drug-likeness (QED) is 0.292. The molecule has 0 aliphatic carbocycles. The highest BCUT2D eigenvalue weighted by molar-refractivity contribution is 5.76. The van der Waals surface area contributed by atoms with Gasteiger partial charge in [-0.25, -0.2) is 0 Å². The number of methoxy groups -OCH3 is 1. The fraction of sp³-hybridized carbons (Fsp3) is 0.333. The first-order chi connectivity index (χ1) is 17.8. The van der Waals surface area contributed by atoms with Crippen molar-refractivity contribution in [3.8, 4) is 33.8 Å². The smallest absolute Gasteiger partial charge is 0.124 e. The lowest BCUT2D eigenvalue weighted by molar-refractivity contribution is 0.408. The molecule has 0 saturated heterocycles. The predicted octanol–water partition coefficient (Wildman–Crippen LogP) is 9.53. The van der Waals surface area contributed by atoms with Gasteiger partial charge in [-0.15, -0.1) is 0 Å². The molecule has 2 heteroatoms. The number of phenols is 1. The van der Waals surface area contributed by atoms with Crippen LogP contribution >= 0.6 is 0 Å². The van der Waals surface area contributed by atoms with Gasteiger partial charge in [0.2, 0.25) is 0 Å². The van der Waals surface area contributed by atoms with Crippen LogP contribution in [0.4, 0.5) is 0 Å². The predicted molar refractivity (Wildman–Crippen MR) is 162 cm³/mol. The highest BCUT2D eigenvalue weighted by Gasteiger charge is 2.26. The van der Waals surface area contributed by atoms with E-state index < -0.39 is 0 Å². The number of aryl methyl sites for hydroxylation is 8. The summed E-state index contributed by atoms with van der Waals surface area (Å²) in [5.74, 6) is 1.35. The minimum absolute atomic E-state index is 0.158. The van der Waals surface area contributed by atoms with Gasteiger partial charge in [0.1, 0.15) is 11.5 Å². The lowest BCUT2D eigenvalue weighted by Crippen LogP contribution is -2.20. The molecule has 0 atom stereocenters. The van der Waals surface area contributed by atoms with Crippen molar-refractivity contribution < 1.29 is 9.84 Å². The molecule has 0 bridgehead atoms. The Hall–Kier alpha value is -3.52. The van der Waals surface area contributed by atoms with E-state index in [9.17, 15) is 5.11 Å². The minimum Gasteiger partial charge on any atom is -0.507 e. The number of ether oxygens (including phenoxy) is 1. The first kappa shape index (κ1) is 27.5. The van der Waals surface area contributed by atoms with Crippen LogP contribution < -0.4 is 4.74 Å². The van der Waals surface area contributed by atoms with E-state index in [-0.39, 0.29) is 5.41 Å². The summed E-state index contributed by atoms with van der Waals surface area (Å²) in [4.78, 5) is 0. The van der Waals surface area contributed by atoms with E-state index in [4.69, 9.17) is 4.74 Å². The van der Waals surface area contributed by atoms with Crippen LogP contribution in [0.25, 0.3) is 22.3 Å². The monoisotopic (exact) mass is 506 g/mol. The van der Waals surface area contributed by atoms with Crippen molar-refractivity contribution in [3.05, 3.63) is 104 Å². The molecule has 0 aliphatic rings. The van der Waals surface area contributed by atoms with E-state index in [0.29, 0.717) is 5.75 Å². The van der Waals surface area contributed by atoms with Gasteiger partial charge >= 0.3 is 0 Å². The summed E-state index contributed by atoms with van der Waals surface area (Å²) in [7, 11) is 1.74. The fourth-order valence-corrected chi connectivity index (χ4v) is 6.24. The Bertz CT molecular complexity index is 1460. The second kappa shape index (κ2) is 9.98. The average Bonchev–Trinajstić information content (AvgIpc) is 2.81. The normalized spacial score (nSPS) is 11.7. The van der Waals surface area contributed by atoms with Gasteiger partial charge in [0, 0.05) is 5.41 Å². The fourth-order valence-electron chi connectivity index (χ4n) is 6.24. The molecule has 2 nitrogen and oxygen atoms in total. The van der Waals surface area contributed by atoms with E-state index in [1.807, 2.05) is 13.8 Å². The van der Waals surface area contributed by atoms with E-state index in [2.05, 4.69) is 104 Å². The first-order valence-electron chi connectivity index (χ1n) is 13.5. The zero-order valence-corrected chi connectivity index (χ0v) is 25.0. The molecule has 0 aliphatic heterocycles. The van der Waals surface area contributed by atoms with E-state index in [1.165, 1.54) is 55.6 Å². The summed E-state index contributed by atoms with van der Waals surface area (Å²) in [6, 6.07) is 18.1. The SMILES string of the molecule is COc1c(C)cc(-c2c(C)cc(C(C)(C)c3cc(C)c(-c4cc(C)c(O)c(C)c4)c(C)c3)cc2C)cc1C. The Balaban J connectivity index is 1.79. The van der Waals surface area contributed by atoms with Crippen molar-refractivity contribution in [2.75, 3.05) is 7.11 Å². The van der Waals surface area contributed by atoms with Gasteiger partial charge in [-0.1, -0.05) is 38.1 Å².